The van der Waals surface area contributed by atoms with Gasteiger partial charge in [0, 0.05) is 18.4 Å². The maximum atomic E-state index is 4.47. The Kier molecular flexibility index (Phi) is 3.21. The summed E-state index contributed by atoms with van der Waals surface area (Å²) in [6.07, 6.45) is 3.78. The van der Waals surface area contributed by atoms with Crippen LogP contribution < -0.4 is 5.32 Å². The maximum absolute atomic E-state index is 4.47. The third-order valence-corrected chi connectivity index (χ3v) is 4.04. The van der Waals surface area contributed by atoms with E-state index < -0.39 is 0 Å². The SMILES string of the molecule is CCn1cncc1CNc1ccc2nc(C)sc2c1. The first-order valence-corrected chi connectivity index (χ1v) is 7.18. The van der Waals surface area contributed by atoms with Crippen molar-refractivity contribution in [2.75, 3.05) is 5.32 Å². The Labute approximate surface area is 116 Å². The second-order valence-corrected chi connectivity index (χ2v) is 5.67. The quantitative estimate of drug-likeness (QED) is 0.791. The summed E-state index contributed by atoms with van der Waals surface area (Å²) in [7, 11) is 0. The molecule has 0 radical (unpaired) electrons. The number of thiazole rings is 1. The van der Waals surface area contributed by atoms with Crippen molar-refractivity contribution in [2.45, 2.75) is 26.9 Å². The minimum atomic E-state index is 0.789. The largest absolute Gasteiger partial charge is 0.379 e. The van der Waals surface area contributed by atoms with E-state index in [0.29, 0.717) is 0 Å². The van der Waals surface area contributed by atoms with Gasteiger partial charge in [-0.1, -0.05) is 0 Å². The Morgan fingerprint density at radius 1 is 1.37 bits per heavy atom. The molecule has 0 unspecified atom stereocenters. The number of fused-ring (bicyclic) bond motifs is 1. The molecule has 2 aromatic heterocycles. The smallest absolute Gasteiger partial charge is 0.0948 e. The molecule has 0 spiro atoms. The molecule has 0 saturated heterocycles. The molecule has 0 atom stereocenters. The van der Waals surface area contributed by atoms with Crippen LogP contribution in [0, 0.1) is 6.92 Å². The fraction of sp³-hybridized carbons (Fsp3) is 0.286. The predicted molar refractivity (Wildman–Crippen MR) is 79.6 cm³/mol. The lowest BCUT2D eigenvalue weighted by molar-refractivity contribution is 0.719. The van der Waals surface area contributed by atoms with E-state index >= 15 is 0 Å². The molecule has 98 valence electrons. The van der Waals surface area contributed by atoms with Crippen molar-refractivity contribution in [3.8, 4) is 0 Å². The highest BCUT2D eigenvalue weighted by molar-refractivity contribution is 7.18. The molecule has 0 aliphatic rings. The van der Waals surface area contributed by atoms with Crippen LogP contribution >= 0.6 is 11.3 Å². The lowest BCUT2D eigenvalue weighted by Crippen LogP contribution is -2.05. The van der Waals surface area contributed by atoms with Crippen LogP contribution in [-0.4, -0.2) is 14.5 Å². The molecule has 0 amide bonds. The molecule has 3 aromatic rings. The Morgan fingerprint density at radius 2 is 2.26 bits per heavy atom. The van der Waals surface area contributed by atoms with Gasteiger partial charge in [0.2, 0.25) is 0 Å². The molecular formula is C14H16N4S. The van der Waals surface area contributed by atoms with Gasteiger partial charge in [0.25, 0.3) is 0 Å². The zero-order chi connectivity index (χ0) is 13.2. The number of nitrogens with one attached hydrogen (secondary N) is 1. The highest BCUT2D eigenvalue weighted by Gasteiger charge is 2.03. The van der Waals surface area contributed by atoms with E-state index in [1.807, 2.05) is 19.4 Å². The Hall–Kier alpha value is -1.88. The average Bonchev–Trinajstić information content (AvgIpc) is 3.00. The first-order chi connectivity index (χ1) is 9.26. The van der Waals surface area contributed by atoms with Gasteiger partial charge in [0.15, 0.2) is 0 Å². The van der Waals surface area contributed by atoms with E-state index in [-0.39, 0.29) is 0 Å². The van der Waals surface area contributed by atoms with E-state index in [4.69, 9.17) is 0 Å². The van der Waals surface area contributed by atoms with Crippen LogP contribution in [0.1, 0.15) is 17.6 Å². The van der Waals surface area contributed by atoms with Crippen molar-refractivity contribution < 1.29 is 0 Å². The van der Waals surface area contributed by atoms with Crippen LogP contribution in [0.2, 0.25) is 0 Å². The van der Waals surface area contributed by atoms with Crippen molar-refractivity contribution in [2.24, 2.45) is 0 Å². The minimum Gasteiger partial charge on any atom is -0.379 e. The maximum Gasteiger partial charge on any atom is 0.0948 e. The van der Waals surface area contributed by atoms with E-state index in [1.165, 1.54) is 10.4 Å². The molecule has 1 N–H and O–H groups in total. The average molecular weight is 272 g/mol. The molecule has 2 heterocycles. The summed E-state index contributed by atoms with van der Waals surface area (Å²) in [6, 6.07) is 6.30. The van der Waals surface area contributed by atoms with Crippen LogP contribution in [0.4, 0.5) is 5.69 Å². The van der Waals surface area contributed by atoms with Gasteiger partial charge in [-0.15, -0.1) is 11.3 Å². The summed E-state index contributed by atoms with van der Waals surface area (Å²) >= 11 is 1.73. The molecule has 4 nitrogen and oxygen atoms in total. The zero-order valence-electron chi connectivity index (χ0n) is 11.1. The Morgan fingerprint density at radius 3 is 3.11 bits per heavy atom. The molecule has 0 aliphatic heterocycles. The van der Waals surface area contributed by atoms with Gasteiger partial charge in [-0.3, -0.25) is 0 Å². The van der Waals surface area contributed by atoms with Crippen molar-refractivity contribution in [3.63, 3.8) is 0 Å². The molecule has 0 bridgehead atoms. The van der Waals surface area contributed by atoms with Gasteiger partial charge in [-0.05, 0) is 32.0 Å². The second-order valence-electron chi connectivity index (χ2n) is 4.44. The van der Waals surface area contributed by atoms with Crippen LogP contribution in [0.15, 0.2) is 30.7 Å². The number of benzene rings is 1. The van der Waals surface area contributed by atoms with Crippen molar-refractivity contribution in [1.29, 1.82) is 0 Å². The number of aromatic nitrogens is 3. The van der Waals surface area contributed by atoms with Gasteiger partial charge < -0.3 is 9.88 Å². The Bertz CT molecular complexity index is 698. The summed E-state index contributed by atoms with van der Waals surface area (Å²) < 4.78 is 3.37. The number of imidazole rings is 1. The van der Waals surface area contributed by atoms with E-state index in [2.05, 4.69) is 45.0 Å². The number of nitrogens with zero attached hydrogens (tertiary/aromatic N) is 3. The van der Waals surface area contributed by atoms with Gasteiger partial charge in [-0.2, -0.15) is 0 Å². The van der Waals surface area contributed by atoms with Crippen molar-refractivity contribution in [3.05, 3.63) is 41.4 Å². The van der Waals surface area contributed by atoms with E-state index in [9.17, 15) is 0 Å². The predicted octanol–water partition coefficient (Wildman–Crippen LogP) is 3.43. The van der Waals surface area contributed by atoms with Crippen LogP contribution in [-0.2, 0) is 13.1 Å². The normalized spacial score (nSPS) is 11.1. The summed E-state index contributed by atoms with van der Waals surface area (Å²) in [6.45, 7) is 5.90. The molecule has 0 fully saturated rings. The van der Waals surface area contributed by atoms with E-state index in [0.717, 1.165) is 29.3 Å². The topological polar surface area (TPSA) is 42.7 Å². The molecule has 1 aromatic carbocycles. The molecule has 0 saturated carbocycles. The van der Waals surface area contributed by atoms with Crippen LogP contribution in [0.25, 0.3) is 10.2 Å². The number of hydrogen-bond donors (Lipinski definition) is 1. The summed E-state index contributed by atoms with van der Waals surface area (Å²) in [5.74, 6) is 0. The summed E-state index contributed by atoms with van der Waals surface area (Å²) in [4.78, 5) is 8.64. The highest BCUT2D eigenvalue weighted by Crippen LogP contribution is 2.24. The lowest BCUT2D eigenvalue weighted by atomic mass is 10.3. The summed E-state index contributed by atoms with van der Waals surface area (Å²) in [5, 5.41) is 4.55. The van der Waals surface area contributed by atoms with Crippen LogP contribution in [0.5, 0.6) is 0 Å². The third-order valence-electron chi connectivity index (χ3n) is 3.11. The zero-order valence-corrected chi connectivity index (χ0v) is 11.9. The first-order valence-electron chi connectivity index (χ1n) is 6.36. The molecule has 5 heteroatoms. The fourth-order valence-electron chi connectivity index (χ4n) is 2.12. The molecule has 3 rings (SSSR count). The molecular weight excluding hydrogens is 256 g/mol. The number of rotatable bonds is 4. The fourth-order valence-corrected chi connectivity index (χ4v) is 2.99. The van der Waals surface area contributed by atoms with E-state index in [1.54, 1.807) is 11.3 Å². The highest BCUT2D eigenvalue weighted by atomic mass is 32.1. The third kappa shape index (κ3) is 2.46. The van der Waals surface area contributed by atoms with Crippen molar-refractivity contribution >= 4 is 27.2 Å². The first kappa shape index (κ1) is 12.2. The Balaban J connectivity index is 1.78. The van der Waals surface area contributed by atoms with Gasteiger partial charge in [0.1, 0.15) is 0 Å². The van der Waals surface area contributed by atoms with Gasteiger partial charge in [-0.25, -0.2) is 9.97 Å². The van der Waals surface area contributed by atoms with Crippen molar-refractivity contribution in [1.82, 2.24) is 14.5 Å². The number of anilines is 1. The monoisotopic (exact) mass is 272 g/mol. The summed E-state index contributed by atoms with van der Waals surface area (Å²) in [5.41, 5.74) is 3.40. The molecule has 0 aliphatic carbocycles. The minimum absolute atomic E-state index is 0.789. The number of aryl methyl sites for hydroxylation is 2. The lowest BCUT2D eigenvalue weighted by Gasteiger charge is -2.08. The van der Waals surface area contributed by atoms with Gasteiger partial charge >= 0.3 is 0 Å². The standard InChI is InChI=1S/C14H16N4S/c1-3-18-9-15-7-12(18)8-16-11-4-5-13-14(6-11)19-10(2)17-13/h4-7,9,16H,3,8H2,1-2H3. The van der Waals surface area contributed by atoms with Gasteiger partial charge in [0.05, 0.1) is 33.8 Å². The second kappa shape index (κ2) is 5.01. The molecule has 19 heavy (non-hydrogen) atoms. The van der Waals surface area contributed by atoms with Crippen LogP contribution in [0.3, 0.4) is 0 Å². The number of hydrogen-bond acceptors (Lipinski definition) is 4.